The Bertz CT molecular complexity index is 549. The van der Waals surface area contributed by atoms with Gasteiger partial charge in [0.15, 0.2) is 0 Å². The van der Waals surface area contributed by atoms with Gasteiger partial charge in [-0.2, -0.15) is 5.48 Å². The third-order valence-corrected chi connectivity index (χ3v) is 4.39. The molecule has 3 rings (SSSR count). The summed E-state index contributed by atoms with van der Waals surface area (Å²) in [5.74, 6) is -0.225. The first kappa shape index (κ1) is 13.7. The van der Waals surface area contributed by atoms with Crippen LogP contribution in [0, 0.1) is 5.82 Å². The van der Waals surface area contributed by atoms with Crippen molar-refractivity contribution in [2.24, 2.45) is 0 Å². The minimum Gasteiger partial charge on any atom is -0.298 e. The molecule has 0 atom stereocenters. The van der Waals surface area contributed by atoms with Crippen LogP contribution in [-0.2, 0) is 11.4 Å². The minimum atomic E-state index is -0.225. The van der Waals surface area contributed by atoms with Crippen LogP contribution >= 0.6 is 11.3 Å². The molecule has 1 fully saturated rings. The van der Waals surface area contributed by atoms with Crippen LogP contribution < -0.4 is 5.48 Å². The lowest BCUT2D eigenvalue weighted by atomic mass is 10.2. The molecule has 0 aliphatic heterocycles. The summed E-state index contributed by atoms with van der Waals surface area (Å²) in [5.41, 5.74) is 4.90. The van der Waals surface area contributed by atoms with Crippen LogP contribution in [-0.4, -0.2) is 11.1 Å². The van der Waals surface area contributed by atoms with Crippen molar-refractivity contribution in [1.82, 2.24) is 10.5 Å². The number of benzene rings is 1. The molecule has 3 nitrogen and oxygen atoms in total. The van der Waals surface area contributed by atoms with Gasteiger partial charge in [0.25, 0.3) is 0 Å². The summed E-state index contributed by atoms with van der Waals surface area (Å²) in [4.78, 5) is 10.1. The molecule has 1 heterocycles. The van der Waals surface area contributed by atoms with Crippen molar-refractivity contribution >= 4 is 11.3 Å². The van der Waals surface area contributed by atoms with E-state index in [2.05, 4.69) is 10.5 Å². The average molecular weight is 292 g/mol. The van der Waals surface area contributed by atoms with Crippen molar-refractivity contribution in [2.45, 2.75) is 38.3 Å². The van der Waals surface area contributed by atoms with E-state index < -0.39 is 0 Å². The quantitative estimate of drug-likeness (QED) is 0.848. The molecular weight excluding hydrogens is 275 g/mol. The summed E-state index contributed by atoms with van der Waals surface area (Å²) in [7, 11) is 0. The van der Waals surface area contributed by atoms with Crippen LogP contribution in [0.3, 0.4) is 0 Å². The van der Waals surface area contributed by atoms with E-state index in [1.807, 2.05) is 5.38 Å². The highest BCUT2D eigenvalue weighted by molar-refractivity contribution is 7.13. The summed E-state index contributed by atoms with van der Waals surface area (Å²) >= 11 is 1.56. The summed E-state index contributed by atoms with van der Waals surface area (Å²) in [5, 5.41) is 2.91. The number of rotatable bonds is 5. The van der Waals surface area contributed by atoms with Gasteiger partial charge in [-0.1, -0.05) is 12.8 Å². The van der Waals surface area contributed by atoms with E-state index in [0.717, 1.165) is 29.1 Å². The summed E-state index contributed by atoms with van der Waals surface area (Å²) < 4.78 is 12.9. The standard InChI is InChI=1S/C15H17FN2OS/c16-12-7-5-11(6-8-12)15-18-13(10-20-15)9-17-19-14-3-1-2-4-14/h5-8,10,14,17H,1-4,9H2. The lowest BCUT2D eigenvalue weighted by Gasteiger charge is -2.10. The van der Waals surface area contributed by atoms with Crippen LogP contribution in [0.15, 0.2) is 29.6 Å². The first-order chi connectivity index (χ1) is 9.81. The average Bonchev–Trinajstić information content (AvgIpc) is 3.11. The maximum atomic E-state index is 12.9. The molecule has 20 heavy (non-hydrogen) atoms. The van der Waals surface area contributed by atoms with Crippen molar-refractivity contribution in [2.75, 3.05) is 0 Å². The van der Waals surface area contributed by atoms with Gasteiger partial charge in [-0.25, -0.2) is 9.37 Å². The molecule has 0 bridgehead atoms. The first-order valence-electron chi connectivity index (χ1n) is 6.90. The van der Waals surface area contributed by atoms with Crippen molar-refractivity contribution in [1.29, 1.82) is 0 Å². The molecule has 0 spiro atoms. The molecular formula is C15H17FN2OS. The van der Waals surface area contributed by atoms with Gasteiger partial charge < -0.3 is 0 Å². The maximum absolute atomic E-state index is 12.9. The first-order valence-corrected chi connectivity index (χ1v) is 7.78. The van der Waals surface area contributed by atoms with Crippen molar-refractivity contribution < 1.29 is 9.23 Å². The van der Waals surface area contributed by atoms with E-state index in [0.29, 0.717) is 12.6 Å². The minimum absolute atomic E-state index is 0.225. The van der Waals surface area contributed by atoms with Gasteiger partial charge in [0.05, 0.1) is 18.3 Å². The van der Waals surface area contributed by atoms with Gasteiger partial charge in [0.1, 0.15) is 10.8 Å². The van der Waals surface area contributed by atoms with E-state index in [4.69, 9.17) is 4.84 Å². The Morgan fingerprint density at radius 3 is 2.75 bits per heavy atom. The van der Waals surface area contributed by atoms with Crippen LogP contribution in [0.4, 0.5) is 4.39 Å². The molecule has 1 saturated carbocycles. The molecule has 0 amide bonds. The summed E-state index contributed by atoms with van der Waals surface area (Å²) in [6.07, 6.45) is 5.16. The Morgan fingerprint density at radius 1 is 1.25 bits per heavy atom. The van der Waals surface area contributed by atoms with Gasteiger partial charge in [0.2, 0.25) is 0 Å². The number of nitrogens with one attached hydrogen (secondary N) is 1. The molecule has 5 heteroatoms. The van der Waals surface area contributed by atoms with Crippen LogP contribution in [0.25, 0.3) is 10.6 Å². The Hall–Kier alpha value is -1.30. The van der Waals surface area contributed by atoms with Gasteiger partial charge in [0, 0.05) is 10.9 Å². The predicted octanol–water partition coefficient (Wildman–Crippen LogP) is 3.91. The number of hydroxylamine groups is 1. The van der Waals surface area contributed by atoms with Crippen LogP contribution in [0.5, 0.6) is 0 Å². The lowest BCUT2D eigenvalue weighted by molar-refractivity contribution is -0.0248. The Morgan fingerprint density at radius 2 is 2.00 bits per heavy atom. The van der Waals surface area contributed by atoms with Gasteiger partial charge >= 0.3 is 0 Å². The summed E-state index contributed by atoms with van der Waals surface area (Å²) in [6.45, 7) is 0.605. The highest BCUT2D eigenvalue weighted by Gasteiger charge is 2.15. The lowest BCUT2D eigenvalue weighted by Crippen LogP contribution is -2.21. The van der Waals surface area contributed by atoms with Crippen LogP contribution in [0.2, 0.25) is 0 Å². The zero-order valence-electron chi connectivity index (χ0n) is 11.1. The van der Waals surface area contributed by atoms with E-state index in [1.165, 1.54) is 25.0 Å². The fourth-order valence-electron chi connectivity index (χ4n) is 2.35. The Labute approximate surface area is 121 Å². The molecule has 1 aromatic carbocycles. The predicted molar refractivity (Wildman–Crippen MR) is 77.7 cm³/mol. The van der Waals surface area contributed by atoms with E-state index in [1.54, 1.807) is 23.5 Å². The zero-order valence-corrected chi connectivity index (χ0v) is 12.0. The van der Waals surface area contributed by atoms with Crippen molar-refractivity contribution in [3.05, 3.63) is 41.2 Å². The van der Waals surface area contributed by atoms with Gasteiger partial charge in [-0.3, -0.25) is 4.84 Å². The molecule has 0 saturated heterocycles. The molecule has 1 aliphatic carbocycles. The summed E-state index contributed by atoms with van der Waals surface area (Å²) in [6, 6.07) is 6.41. The number of nitrogens with zero attached hydrogens (tertiary/aromatic N) is 1. The number of aromatic nitrogens is 1. The Kier molecular flexibility index (Phi) is 4.40. The fraction of sp³-hybridized carbons (Fsp3) is 0.400. The smallest absolute Gasteiger partial charge is 0.123 e. The molecule has 106 valence electrons. The molecule has 0 unspecified atom stereocenters. The normalized spacial score (nSPS) is 15.8. The topological polar surface area (TPSA) is 34.2 Å². The number of thiazole rings is 1. The maximum Gasteiger partial charge on any atom is 0.123 e. The van der Waals surface area contributed by atoms with Gasteiger partial charge in [-0.15, -0.1) is 11.3 Å². The second-order valence-corrected chi connectivity index (χ2v) is 5.85. The molecule has 1 aliphatic rings. The number of hydrogen-bond acceptors (Lipinski definition) is 4. The third-order valence-electron chi connectivity index (χ3n) is 3.45. The monoisotopic (exact) mass is 292 g/mol. The van der Waals surface area contributed by atoms with E-state index in [9.17, 15) is 4.39 Å². The van der Waals surface area contributed by atoms with Crippen molar-refractivity contribution in [3.63, 3.8) is 0 Å². The second-order valence-electron chi connectivity index (χ2n) is 5.00. The fourth-order valence-corrected chi connectivity index (χ4v) is 3.18. The number of halogens is 1. The molecule has 1 aromatic heterocycles. The SMILES string of the molecule is Fc1ccc(-c2nc(CNOC3CCCC3)cs2)cc1. The Balaban J connectivity index is 1.55. The third kappa shape index (κ3) is 3.42. The molecule has 1 N–H and O–H groups in total. The number of hydrogen-bond donors (Lipinski definition) is 1. The second kappa shape index (κ2) is 6.43. The molecule has 2 aromatic rings. The highest BCUT2D eigenvalue weighted by Crippen LogP contribution is 2.24. The van der Waals surface area contributed by atoms with Crippen LogP contribution in [0.1, 0.15) is 31.4 Å². The van der Waals surface area contributed by atoms with E-state index >= 15 is 0 Å². The zero-order chi connectivity index (χ0) is 13.8. The highest BCUT2D eigenvalue weighted by atomic mass is 32.1. The van der Waals surface area contributed by atoms with Crippen molar-refractivity contribution in [3.8, 4) is 10.6 Å². The van der Waals surface area contributed by atoms with E-state index in [-0.39, 0.29) is 5.82 Å². The van der Waals surface area contributed by atoms with Gasteiger partial charge in [-0.05, 0) is 37.1 Å². The molecule has 0 radical (unpaired) electrons. The largest absolute Gasteiger partial charge is 0.298 e.